The highest BCUT2D eigenvalue weighted by Crippen LogP contribution is 2.38. The van der Waals surface area contributed by atoms with Crippen LogP contribution < -0.4 is 9.04 Å². The second-order valence-corrected chi connectivity index (χ2v) is 7.40. The Bertz CT molecular complexity index is 920. The molecule has 0 saturated carbocycles. The largest absolute Gasteiger partial charge is 0.495 e. The fraction of sp³-hybridized carbons (Fsp3) is 0.125. The molecule has 0 amide bonds. The topological polar surface area (TPSA) is 46.6 Å². The minimum absolute atomic E-state index is 0.0749. The fourth-order valence-corrected chi connectivity index (χ4v) is 4.33. The van der Waals surface area contributed by atoms with E-state index in [1.54, 1.807) is 0 Å². The first-order chi connectivity index (χ1) is 11.7. The summed E-state index contributed by atoms with van der Waals surface area (Å²) < 4.78 is 58.4. The Morgan fingerprint density at radius 1 is 1.16 bits per heavy atom. The molecule has 0 fully saturated rings. The van der Waals surface area contributed by atoms with E-state index < -0.39 is 21.7 Å². The van der Waals surface area contributed by atoms with Crippen molar-refractivity contribution in [2.45, 2.75) is 4.90 Å². The van der Waals surface area contributed by atoms with Crippen molar-refractivity contribution in [3.63, 3.8) is 0 Å². The van der Waals surface area contributed by atoms with Gasteiger partial charge in [-0.1, -0.05) is 29.3 Å². The molecule has 0 aromatic heterocycles. The summed E-state index contributed by atoms with van der Waals surface area (Å²) in [5, 5.41) is -0.313. The van der Waals surface area contributed by atoms with Crippen molar-refractivity contribution in [3.8, 4) is 5.75 Å². The lowest BCUT2D eigenvalue weighted by Gasteiger charge is -2.24. The van der Waals surface area contributed by atoms with Gasteiger partial charge in [-0.15, -0.1) is 6.58 Å². The molecule has 2 aromatic rings. The minimum Gasteiger partial charge on any atom is -0.495 e. The van der Waals surface area contributed by atoms with Crippen LogP contribution in [0.2, 0.25) is 10.0 Å². The van der Waals surface area contributed by atoms with Crippen LogP contribution in [-0.4, -0.2) is 22.1 Å². The van der Waals surface area contributed by atoms with Crippen molar-refractivity contribution < 1.29 is 21.9 Å². The molecule has 0 aliphatic carbocycles. The molecule has 0 unspecified atom stereocenters. The molecule has 0 heterocycles. The molecule has 9 heteroatoms. The monoisotopic (exact) mass is 407 g/mol. The van der Waals surface area contributed by atoms with Crippen LogP contribution >= 0.6 is 23.2 Å². The summed E-state index contributed by atoms with van der Waals surface area (Å²) in [6.07, 6.45) is 1.30. The first-order valence-corrected chi connectivity index (χ1v) is 9.04. The fourth-order valence-electron chi connectivity index (χ4n) is 2.09. The first-order valence-electron chi connectivity index (χ1n) is 6.84. The number of sulfonamides is 1. The molecule has 0 spiro atoms. The lowest BCUT2D eigenvalue weighted by molar-refractivity contribution is 0.414. The number of nitrogens with zero attached hydrogens (tertiary/aromatic N) is 1. The summed E-state index contributed by atoms with van der Waals surface area (Å²) in [7, 11) is -2.86. The van der Waals surface area contributed by atoms with E-state index in [1.807, 2.05) is 0 Å². The number of ether oxygens (including phenoxy) is 1. The second kappa shape index (κ2) is 7.59. The van der Waals surface area contributed by atoms with E-state index in [0.29, 0.717) is 0 Å². The molecule has 0 aliphatic heterocycles. The van der Waals surface area contributed by atoms with Gasteiger partial charge in [0.25, 0.3) is 10.0 Å². The van der Waals surface area contributed by atoms with E-state index in [4.69, 9.17) is 27.9 Å². The lowest BCUT2D eigenvalue weighted by atomic mass is 10.3. The summed E-state index contributed by atoms with van der Waals surface area (Å²) in [6.45, 7) is 3.30. The Kier molecular flexibility index (Phi) is 5.92. The SMILES string of the molecule is C=CCN(c1ccc(F)c(F)c1)S(=O)(=O)c1ccc(OC)c(Cl)c1Cl. The molecule has 2 aromatic carbocycles. The van der Waals surface area contributed by atoms with Crippen molar-refractivity contribution in [3.05, 3.63) is 64.7 Å². The molecule has 0 N–H and O–H groups in total. The smallest absolute Gasteiger partial charge is 0.266 e. The van der Waals surface area contributed by atoms with Gasteiger partial charge in [0, 0.05) is 6.07 Å². The van der Waals surface area contributed by atoms with Gasteiger partial charge in [0.2, 0.25) is 0 Å². The minimum atomic E-state index is -4.22. The van der Waals surface area contributed by atoms with Crippen molar-refractivity contribution in [1.82, 2.24) is 0 Å². The summed E-state index contributed by atoms with van der Waals surface area (Å²) >= 11 is 12.1. The first kappa shape index (κ1) is 19.5. The Morgan fingerprint density at radius 2 is 1.84 bits per heavy atom. The average molecular weight is 408 g/mol. The maximum absolute atomic E-state index is 13.5. The number of rotatable bonds is 6. The number of halogens is 4. The van der Waals surface area contributed by atoms with Crippen LogP contribution in [0.4, 0.5) is 14.5 Å². The number of methoxy groups -OCH3 is 1. The lowest BCUT2D eigenvalue weighted by Crippen LogP contribution is -2.31. The van der Waals surface area contributed by atoms with Crippen LogP contribution in [0.3, 0.4) is 0 Å². The summed E-state index contributed by atoms with van der Waals surface area (Å²) in [5.74, 6) is -2.07. The van der Waals surface area contributed by atoms with E-state index in [0.717, 1.165) is 22.5 Å². The van der Waals surface area contributed by atoms with Gasteiger partial charge in [0.05, 0.1) is 24.4 Å². The maximum atomic E-state index is 13.5. The van der Waals surface area contributed by atoms with E-state index in [-0.39, 0.29) is 32.9 Å². The molecular weight excluding hydrogens is 395 g/mol. The van der Waals surface area contributed by atoms with E-state index in [9.17, 15) is 17.2 Å². The van der Waals surface area contributed by atoms with Crippen LogP contribution in [-0.2, 0) is 10.0 Å². The molecular formula is C16H13Cl2F2NO3S. The summed E-state index contributed by atoms with van der Waals surface area (Å²) in [5.41, 5.74) is -0.0817. The Hall–Kier alpha value is -1.83. The number of hydrogen-bond donors (Lipinski definition) is 0. The predicted octanol–water partition coefficient (Wildman–Crippen LogP) is 4.66. The summed E-state index contributed by atoms with van der Waals surface area (Å²) in [6, 6.07) is 5.31. The zero-order chi connectivity index (χ0) is 18.8. The van der Waals surface area contributed by atoms with Crippen LogP contribution in [0.5, 0.6) is 5.75 Å². The third-order valence-electron chi connectivity index (χ3n) is 3.29. The highest BCUT2D eigenvalue weighted by molar-refractivity contribution is 7.93. The van der Waals surface area contributed by atoms with Gasteiger partial charge in [-0.25, -0.2) is 17.2 Å². The Balaban J connectivity index is 2.62. The predicted molar refractivity (Wildman–Crippen MR) is 94.1 cm³/mol. The normalized spacial score (nSPS) is 11.2. The molecule has 2 rings (SSSR count). The van der Waals surface area contributed by atoms with Gasteiger partial charge < -0.3 is 4.74 Å². The van der Waals surface area contributed by atoms with E-state index >= 15 is 0 Å². The highest BCUT2D eigenvalue weighted by Gasteiger charge is 2.29. The molecule has 0 aliphatic rings. The van der Waals surface area contributed by atoms with Gasteiger partial charge in [0.15, 0.2) is 11.6 Å². The molecule has 134 valence electrons. The van der Waals surface area contributed by atoms with Crippen molar-refractivity contribution >= 4 is 38.9 Å². The summed E-state index contributed by atoms with van der Waals surface area (Å²) in [4.78, 5) is -0.299. The van der Waals surface area contributed by atoms with Gasteiger partial charge in [-0.05, 0) is 24.3 Å². The Labute approximate surface area is 154 Å². The molecule has 0 bridgehead atoms. The molecule has 0 atom stereocenters. The van der Waals surface area contributed by atoms with Crippen LogP contribution in [0.15, 0.2) is 47.9 Å². The van der Waals surface area contributed by atoms with Crippen molar-refractivity contribution in [1.29, 1.82) is 0 Å². The molecule has 4 nitrogen and oxygen atoms in total. The van der Waals surface area contributed by atoms with Gasteiger partial charge in [0.1, 0.15) is 15.7 Å². The van der Waals surface area contributed by atoms with E-state index in [2.05, 4.69) is 6.58 Å². The van der Waals surface area contributed by atoms with Crippen molar-refractivity contribution in [2.24, 2.45) is 0 Å². The number of hydrogen-bond acceptors (Lipinski definition) is 3. The molecule has 0 saturated heterocycles. The standard InChI is InChI=1S/C16H13Cl2F2NO3S/c1-3-8-21(10-4-5-11(19)12(20)9-10)25(22,23)14-7-6-13(24-2)15(17)16(14)18/h3-7,9H,1,8H2,2H3. The van der Waals surface area contributed by atoms with Gasteiger partial charge in [-0.2, -0.15) is 0 Å². The van der Waals surface area contributed by atoms with Crippen LogP contribution in [0.1, 0.15) is 0 Å². The van der Waals surface area contributed by atoms with Gasteiger partial charge in [-0.3, -0.25) is 4.31 Å². The van der Waals surface area contributed by atoms with E-state index in [1.165, 1.54) is 25.3 Å². The van der Waals surface area contributed by atoms with Crippen molar-refractivity contribution in [2.75, 3.05) is 18.0 Å². The average Bonchev–Trinajstić information content (AvgIpc) is 2.57. The zero-order valence-corrected chi connectivity index (χ0v) is 15.3. The number of benzene rings is 2. The van der Waals surface area contributed by atoms with Crippen LogP contribution in [0.25, 0.3) is 0 Å². The third kappa shape index (κ3) is 3.73. The zero-order valence-electron chi connectivity index (χ0n) is 13.0. The number of anilines is 1. The highest BCUT2D eigenvalue weighted by atomic mass is 35.5. The third-order valence-corrected chi connectivity index (χ3v) is 6.10. The second-order valence-electron chi connectivity index (χ2n) is 4.82. The molecule has 0 radical (unpaired) electrons. The van der Waals surface area contributed by atoms with Gasteiger partial charge >= 0.3 is 0 Å². The Morgan fingerprint density at radius 3 is 2.40 bits per heavy atom. The quantitative estimate of drug-likeness (QED) is 0.654. The van der Waals surface area contributed by atoms with Crippen LogP contribution in [0, 0.1) is 11.6 Å². The molecule has 25 heavy (non-hydrogen) atoms. The maximum Gasteiger partial charge on any atom is 0.266 e.